The highest BCUT2D eigenvalue weighted by atomic mass is 19.1. The quantitative estimate of drug-likeness (QED) is 0.724. The van der Waals surface area contributed by atoms with Crippen LogP contribution in [0.3, 0.4) is 0 Å². The van der Waals surface area contributed by atoms with Gasteiger partial charge in [0.05, 0.1) is 18.3 Å². The van der Waals surface area contributed by atoms with E-state index in [1.807, 2.05) is 30.0 Å². The summed E-state index contributed by atoms with van der Waals surface area (Å²) in [5.74, 6) is 0.332. The van der Waals surface area contributed by atoms with E-state index in [1.54, 1.807) is 24.7 Å². The molecule has 2 saturated heterocycles. The van der Waals surface area contributed by atoms with E-state index in [2.05, 4.69) is 25.2 Å². The first-order chi connectivity index (χ1) is 14.6. The van der Waals surface area contributed by atoms with Gasteiger partial charge in [-0.05, 0) is 48.7 Å². The van der Waals surface area contributed by atoms with Crippen molar-refractivity contribution in [3.63, 3.8) is 0 Å². The van der Waals surface area contributed by atoms with Gasteiger partial charge in [0.2, 0.25) is 5.95 Å². The highest BCUT2D eigenvalue weighted by molar-refractivity contribution is 5.91. The number of likely N-dealkylation sites (tertiary alicyclic amines) is 1. The highest BCUT2D eigenvalue weighted by Crippen LogP contribution is 2.33. The molecule has 2 fully saturated rings. The first-order valence-electron chi connectivity index (χ1n) is 9.91. The molecule has 3 aromatic rings. The van der Waals surface area contributed by atoms with E-state index in [9.17, 15) is 9.18 Å². The van der Waals surface area contributed by atoms with Gasteiger partial charge >= 0.3 is 6.03 Å². The van der Waals surface area contributed by atoms with Gasteiger partial charge in [-0.1, -0.05) is 6.07 Å². The molecule has 1 aromatic carbocycles. The van der Waals surface area contributed by atoms with E-state index >= 15 is 0 Å². The Hall–Kier alpha value is -3.55. The Balaban J connectivity index is 1.30. The third-order valence-electron chi connectivity index (χ3n) is 5.82. The molecule has 0 unspecified atom stereocenters. The van der Waals surface area contributed by atoms with Crippen LogP contribution in [0.2, 0.25) is 0 Å². The summed E-state index contributed by atoms with van der Waals surface area (Å²) in [4.78, 5) is 29.6. The summed E-state index contributed by atoms with van der Waals surface area (Å²) in [6.07, 6.45) is 7.19. The minimum Gasteiger partial charge on any atom is -0.334 e. The molecular weight excluding hydrogens is 383 g/mol. The van der Waals surface area contributed by atoms with Crippen LogP contribution in [0.1, 0.15) is 12.0 Å². The molecule has 1 N–H and O–H groups in total. The van der Waals surface area contributed by atoms with Crippen LogP contribution in [-0.4, -0.2) is 51.1 Å². The number of aryl methyl sites for hydroxylation is 1. The highest BCUT2D eigenvalue weighted by Gasteiger charge is 2.46. The summed E-state index contributed by atoms with van der Waals surface area (Å²) >= 11 is 0. The molecule has 7 nitrogen and oxygen atoms in total. The van der Waals surface area contributed by atoms with Crippen LogP contribution in [0.4, 0.5) is 20.8 Å². The fourth-order valence-electron chi connectivity index (χ4n) is 4.37. The Kier molecular flexibility index (Phi) is 4.54. The predicted octanol–water partition coefficient (Wildman–Crippen LogP) is 3.48. The number of amides is 2. The molecule has 2 aliphatic heterocycles. The Labute approximate surface area is 173 Å². The van der Waals surface area contributed by atoms with Crippen molar-refractivity contribution < 1.29 is 9.18 Å². The maximum Gasteiger partial charge on any atom is 0.322 e. The lowest BCUT2D eigenvalue weighted by molar-refractivity contribution is 0.202. The monoisotopic (exact) mass is 404 g/mol. The summed E-state index contributed by atoms with van der Waals surface area (Å²) in [7, 11) is 0. The zero-order chi connectivity index (χ0) is 20.7. The number of nitrogens with zero attached hydrogens (tertiary/aromatic N) is 5. The van der Waals surface area contributed by atoms with Crippen LogP contribution in [0.15, 0.2) is 55.1 Å². The third-order valence-corrected chi connectivity index (χ3v) is 5.82. The zero-order valence-electron chi connectivity index (χ0n) is 16.5. The van der Waals surface area contributed by atoms with Crippen molar-refractivity contribution in [2.24, 2.45) is 0 Å². The zero-order valence-corrected chi connectivity index (χ0v) is 16.5. The largest absolute Gasteiger partial charge is 0.334 e. The van der Waals surface area contributed by atoms with Crippen LogP contribution >= 0.6 is 0 Å². The second-order valence-electron chi connectivity index (χ2n) is 7.75. The van der Waals surface area contributed by atoms with Crippen molar-refractivity contribution in [1.82, 2.24) is 19.9 Å². The number of urea groups is 1. The SMILES string of the molecule is Cc1ccc(NC(=O)N2C[C@@H]3C[C@H]2CN3c2ncccn2)cc1-c1cncc(F)c1. The molecule has 8 heteroatoms. The van der Waals surface area contributed by atoms with Crippen molar-refractivity contribution in [3.05, 3.63) is 66.5 Å². The number of aromatic nitrogens is 3. The standard InChI is InChI=1S/C22H21FN6O/c1-14-3-4-17(8-20(14)15-7-16(23)11-24-10-15)27-22(30)29-13-18-9-19(29)12-28(18)21-25-5-2-6-26-21/h2-8,10-11,18-19H,9,12-13H2,1H3,(H,27,30)/t18-,19-/m0/s1. The molecule has 0 aliphatic carbocycles. The van der Waals surface area contributed by atoms with Crippen molar-refractivity contribution in [2.45, 2.75) is 25.4 Å². The van der Waals surface area contributed by atoms with Crippen LogP contribution in [0.25, 0.3) is 11.1 Å². The number of anilines is 2. The first kappa shape index (κ1) is 18.5. The maximum absolute atomic E-state index is 13.6. The normalized spacial score (nSPS) is 19.9. The topological polar surface area (TPSA) is 74.2 Å². The van der Waals surface area contributed by atoms with E-state index < -0.39 is 0 Å². The van der Waals surface area contributed by atoms with Crippen molar-refractivity contribution in [2.75, 3.05) is 23.3 Å². The Morgan fingerprint density at radius 2 is 1.97 bits per heavy atom. The van der Waals surface area contributed by atoms with Gasteiger partial charge in [-0.15, -0.1) is 0 Å². The Morgan fingerprint density at radius 1 is 1.13 bits per heavy atom. The Bertz CT molecular complexity index is 1090. The predicted molar refractivity (Wildman–Crippen MR) is 112 cm³/mol. The maximum atomic E-state index is 13.6. The van der Waals surface area contributed by atoms with E-state index in [0.717, 1.165) is 30.0 Å². The molecule has 4 heterocycles. The number of hydrogen-bond acceptors (Lipinski definition) is 5. The number of pyridine rings is 1. The van der Waals surface area contributed by atoms with Gasteiger partial charge in [-0.25, -0.2) is 19.2 Å². The van der Waals surface area contributed by atoms with E-state index in [0.29, 0.717) is 17.8 Å². The number of piperazine rings is 1. The average Bonchev–Trinajstić information content (AvgIpc) is 3.37. The fraction of sp³-hybridized carbons (Fsp3) is 0.273. The number of hydrogen-bond donors (Lipinski definition) is 1. The van der Waals surface area contributed by atoms with Gasteiger partial charge in [0.1, 0.15) is 5.82 Å². The molecule has 0 saturated carbocycles. The molecule has 152 valence electrons. The summed E-state index contributed by atoms with van der Waals surface area (Å²) in [5, 5.41) is 3.00. The minimum absolute atomic E-state index is 0.122. The number of benzene rings is 1. The van der Waals surface area contributed by atoms with E-state index in [1.165, 1.54) is 12.3 Å². The Morgan fingerprint density at radius 3 is 2.70 bits per heavy atom. The van der Waals surface area contributed by atoms with Gasteiger partial charge in [0.15, 0.2) is 0 Å². The molecular formula is C22H21FN6O. The van der Waals surface area contributed by atoms with Gasteiger partial charge < -0.3 is 15.1 Å². The van der Waals surface area contributed by atoms with Gasteiger partial charge in [-0.3, -0.25) is 4.98 Å². The van der Waals surface area contributed by atoms with Crippen LogP contribution in [-0.2, 0) is 0 Å². The summed E-state index contributed by atoms with van der Waals surface area (Å²) in [6, 6.07) is 9.13. The molecule has 2 amide bonds. The summed E-state index contributed by atoms with van der Waals surface area (Å²) in [6.45, 7) is 3.32. The average molecular weight is 404 g/mol. The molecule has 2 aromatic heterocycles. The number of nitrogens with one attached hydrogen (secondary N) is 1. The van der Waals surface area contributed by atoms with Crippen molar-refractivity contribution in [1.29, 1.82) is 0 Å². The lowest BCUT2D eigenvalue weighted by Crippen LogP contribution is -2.50. The first-order valence-corrected chi connectivity index (χ1v) is 9.91. The lowest BCUT2D eigenvalue weighted by Gasteiger charge is -2.34. The van der Waals surface area contributed by atoms with Crippen molar-refractivity contribution in [3.8, 4) is 11.1 Å². The molecule has 0 spiro atoms. The number of fused-ring (bicyclic) bond motifs is 2. The molecule has 0 radical (unpaired) electrons. The number of carbonyl (C=O) groups is 1. The second kappa shape index (κ2) is 7.37. The van der Waals surface area contributed by atoms with Crippen LogP contribution in [0, 0.1) is 12.7 Å². The molecule has 30 heavy (non-hydrogen) atoms. The number of carbonyl (C=O) groups excluding carboxylic acids is 1. The van der Waals surface area contributed by atoms with Crippen LogP contribution in [0.5, 0.6) is 0 Å². The van der Waals surface area contributed by atoms with Gasteiger partial charge in [0, 0.05) is 42.9 Å². The van der Waals surface area contributed by atoms with E-state index in [-0.39, 0.29) is 23.9 Å². The van der Waals surface area contributed by atoms with Gasteiger partial charge in [-0.2, -0.15) is 0 Å². The third kappa shape index (κ3) is 3.34. The molecule has 2 atom stereocenters. The van der Waals surface area contributed by atoms with Gasteiger partial charge in [0.25, 0.3) is 0 Å². The summed E-state index contributed by atoms with van der Waals surface area (Å²) < 4.78 is 13.6. The van der Waals surface area contributed by atoms with Crippen molar-refractivity contribution >= 4 is 17.7 Å². The molecule has 2 bridgehead atoms. The number of halogens is 1. The summed E-state index contributed by atoms with van der Waals surface area (Å²) in [5.41, 5.74) is 3.19. The second-order valence-corrected chi connectivity index (χ2v) is 7.75. The molecule has 2 aliphatic rings. The lowest BCUT2D eigenvalue weighted by atomic mass is 10.0. The fourth-order valence-corrected chi connectivity index (χ4v) is 4.37. The smallest absolute Gasteiger partial charge is 0.322 e. The van der Waals surface area contributed by atoms with E-state index in [4.69, 9.17) is 0 Å². The molecule has 5 rings (SSSR count). The number of rotatable bonds is 3. The minimum atomic E-state index is -0.388. The van der Waals surface area contributed by atoms with Crippen LogP contribution < -0.4 is 10.2 Å².